The summed E-state index contributed by atoms with van der Waals surface area (Å²) in [5.41, 5.74) is 6.63. The fourth-order valence-electron chi connectivity index (χ4n) is 4.74. The molecule has 0 N–H and O–H groups in total. The molecule has 4 atom stereocenters. The van der Waals surface area contributed by atoms with Gasteiger partial charge in [0.2, 0.25) is 0 Å². The van der Waals surface area contributed by atoms with Gasteiger partial charge in [-0.15, -0.1) is 0 Å². The van der Waals surface area contributed by atoms with E-state index in [2.05, 4.69) is 38.1 Å². The Morgan fingerprint density at radius 3 is 2.47 bits per heavy atom. The first-order valence-corrected chi connectivity index (χ1v) is 7.47. The van der Waals surface area contributed by atoms with Crippen molar-refractivity contribution in [2.75, 3.05) is 0 Å². The van der Waals surface area contributed by atoms with Gasteiger partial charge < -0.3 is 4.84 Å². The SMILES string of the molecule is Cc1cc(C)c(C2=NO[C@H]3[C@H]4CC[C@@H](C4)[C@@H]23)c(C)c1. The summed E-state index contributed by atoms with van der Waals surface area (Å²) in [6.07, 6.45) is 4.46. The van der Waals surface area contributed by atoms with E-state index < -0.39 is 0 Å². The average Bonchev–Trinajstić information content (AvgIpc) is 2.98. The third-order valence-corrected chi connectivity index (χ3v) is 5.36. The molecule has 3 aliphatic rings. The highest BCUT2D eigenvalue weighted by Crippen LogP contribution is 2.53. The van der Waals surface area contributed by atoms with Gasteiger partial charge in [-0.2, -0.15) is 0 Å². The van der Waals surface area contributed by atoms with E-state index in [4.69, 9.17) is 4.84 Å². The molecule has 0 unspecified atom stereocenters. The standard InChI is InChI=1S/C17H21NO/c1-9-6-10(2)14(11(3)7-9)16-15-12-4-5-13(8-12)17(15)19-18-16/h6-7,12-13,15,17H,4-5,8H2,1-3H3/t12-,13-,15-,17-/m0/s1. The van der Waals surface area contributed by atoms with Crippen molar-refractivity contribution in [1.29, 1.82) is 0 Å². The van der Waals surface area contributed by atoms with Crippen LogP contribution in [0.3, 0.4) is 0 Å². The quantitative estimate of drug-likeness (QED) is 0.748. The molecule has 0 radical (unpaired) electrons. The van der Waals surface area contributed by atoms with Crippen LogP contribution in [0, 0.1) is 38.5 Å². The maximum atomic E-state index is 5.81. The summed E-state index contributed by atoms with van der Waals surface area (Å²) >= 11 is 0. The minimum Gasteiger partial charge on any atom is -0.391 e. The van der Waals surface area contributed by atoms with Crippen molar-refractivity contribution < 1.29 is 4.84 Å². The van der Waals surface area contributed by atoms with Gasteiger partial charge in [0, 0.05) is 11.5 Å². The van der Waals surface area contributed by atoms with E-state index in [1.54, 1.807) is 0 Å². The Balaban J connectivity index is 1.78. The minimum atomic E-state index is 0.383. The van der Waals surface area contributed by atoms with Crippen molar-refractivity contribution in [3.63, 3.8) is 0 Å². The van der Waals surface area contributed by atoms with Crippen molar-refractivity contribution >= 4 is 5.71 Å². The Kier molecular flexibility index (Phi) is 2.33. The van der Waals surface area contributed by atoms with E-state index in [0.717, 1.165) is 11.8 Å². The number of nitrogens with zero attached hydrogens (tertiary/aromatic N) is 1. The maximum absolute atomic E-state index is 5.81. The monoisotopic (exact) mass is 255 g/mol. The molecule has 0 spiro atoms. The molecule has 2 saturated carbocycles. The molecule has 0 aromatic heterocycles. The second-order valence-corrected chi connectivity index (χ2v) is 6.68. The van der Waals surface area contributed by atoms with Gasteiger partial charge in [-0.1, -0.05) is 22.9 Å². The van der Waals surface area contributed by atoms with Crippen molar-refractivity contribution in [3.8, 4) is 0 Å². The van der Waals surface area contributed by atoms with Crippen LogP contribution in [0.25, 0.3) is 0 Å². The van der Waals surface area contributed by atoms with Crippen molar-refractivity contribution in [1.82, 2.24) is 0 Å². The summed E-state index contributed by atoms with van der Waals surface area (Å²) in [7, 11) is 0. The number of rotatable bonds is 1. The largest absolute Gasteiger partial charge is 0.391 e. The summed E-state index contributed by atoms with van der Waals surface area (Å²) in [5.74, 6) is 2.15. The second-order valence-electron chi connectivity index (χ2n) is 6.68. The first kappa shape index (κ1) is 11.5. The molecule has 4 rings (SSSR count). The molecule has 2 heteroatoms. The molecule has 2 fully saturated rings. The van der Waals surface area contributed by atoms with Gasteiger partial charge in [-0.3, -0.25) is 0 Å². The first-order valence-electron chi connectivity index (χ1n) is 7.47. The molecule has 19 heavy (non-hydrogen) atoms. The molecule has 2 bridgehead atoms. The summed E-state index contributed by atoms with van der Waals surface area (Å²) in [4.78, 5) is 5.81. The number of oxime groups is 1. The maximum Gasteiger partial charge on any atom is 0.139 e. The molecule has 100 valence electrons. The van der Waals surface area contributed by atoms with Crippen LogP contribution in [0.2, 0.25) is 0 Å². The van der Waals surface area contributed by atoms with Gasteiger partial charge in [0.1, 0.15) is 6.10 Å². The summed E-state index contributed by atoms with van der Waals surface area (Å²) in [6.45, 7) is 6.58. The third kappa shape index (κ3) is 1.52. The molecule has 1 aromatic rings. The zero-order valence-electron chi connectivity index (χ0n) is 11.9. The predicted octanol–water partition coefficient (Wildman–Crippen LogP) is 3.76. The van der Waals surface area contributed by atoms with Gasteiger partial charge >= 0.3 is 0 Å². The van der Waals surface area contributed by atoms with Crippen molar-refractivity contribution in [3.05, 3.63) is 34.4 Å². The minimum absolute atomic E-state index is 0.383. The van der Waals surface area contributed by atoms with Crippen molar-refractivity contribution in [2.45, 2.75) is 46.1 Å². The predicted molar refractivity (Wildman–Crippen MR) is 76.4 cm³/mol. The van der Waals surface area contributed by atoms with Crippen LogP contribution in [0.5, 0.6) is 0 Å². The number of aryl methyl sites for hydroxylation is 3. The summed E-state index contributed by atoms with van der Waals surface area (Å²) in [5, 5.41) is 4.50. The fourth-order valence-corrected chi connectivity index (χ4v) is 4.74. The van der Waals surface area contributed by atoms with Gasteiger partial charge in [0.05, 0.1) is 5.71 Å². The van der Waals surface area contributed by atoms with Crippen LogP contribution in [0.4, 0.5) is 0 Å². The number of hydrogen-bond donors (Lipinski definition) is 0. The highest BCUT2D eigenvalue weighted by molar-refractivity contribution is 6.05. The van der Waals surface area contributed by atoms with E-state index in [-0.39, 0.29) is 0 Å². The molecule has 1 aromatic carbocycles. The lowest BCUT2D eigenvalue weighted by molar-refractivity contribution is 0.0275. The van der Waals surface area contributed by atoms with Gasteiger partial charge in [0.15, 0.2) is 0 Å². The van der Waals surface area contributed by atoms with Crippen molar-refractivity contribution in [2.24, 2.45) is 22.9 Å². The average molecular weight is 255 g/mol. The number of fused-ring (bicyclic) bond motifs is 5. The van der Waals surface area contributed by atoms with E-state index in [1.165, 1.54) is 47.2 Å². The molecule has 0 amide bonds. The lowest BCUT2D eigenvalue weighted by Crippen LogP contribution is -2.30. The molecule has 1 heterocycles. The zero-order valence-corrected chi connectivity index (χ0v) is 11.9. The molecule has 0 saturated heterocycles. The van der Waals surface area contributed by atoms with E-state index >= 15 is 0 Å². The summed E-state index contributed by atoms with van der Waals surface area (Å²) in [6, 6.07) is 4.54. The van der Waals surface area contributed by atoms with Gasteiger partial charge in [0.25, 0.3) is 0 Å². The highest BCUT2D eigenvalue weighted by atomic mass is 16.6. The topological polar surface area (TPSA) is 21.6 Å². The molecule has 2 nitrogen and oxygen atoms in total. The normalized spacial score (nSPS) is 35.2. The molecular weight excluding hydrogens is 234 g/mol. The van der Waals surface area contributed by atoms with Crippen LogP contribution in [-0.2, 0) is 4.84 Å². The van der Waals surface area contributed by atoms with E-state index in [0.29, 0.717) is 12.0 Å². The smallest absolute Gasteiger partial charge is 0.139 e. The Labute approximate surface area is 114 Å². The van der Waals surface area contributed by atoms with Crippen LogP contribution in [0.15, 0.2) is 17.3 Å². The summed E-state index contributed by atoms with van der Waals surface area (Å²) < 4.78 is 0. The van der Waals surface area contributed by atoms with Crippen LogP contribution >= 0.6 is 0 Å². The zero-order chi connectivity index (χ0) is 13.1. The highest BCUT2D eigenvalue weighted by Gasteiger charge is 2.54. The first-order chi connectivity index (χ1) is 9.15. The van der Waals surface area contributed by atoms with Crippen LogP contribution < -0.4 is 0 Å². The number of benzene rings is 1. The van der Waals surface area contributed by atoms with E-state index in [1.807, 2.05) is 0 Å². The van der Waals surface area contributed by atoms with Gasteiger partial charge in [-0.25, -0.2) is 0 Å². The molecule has 2 aliphatic carbocycles. The van der Waals surface area contributed by atoms with E-state index in [9.17, 15) is 0 Å². The van der Waals surface area contributed by atoms with Crippen LogP contribution in [0.1, 0.15) is 41.5 Å². The Morgan fingerprint density at radius 2 is 1.74 bits per heavy atom. The third-order valence-electron chi connectivity index (χ3n) is 5.36. The Hall–Kier alpha value is -1.31. The molecular formula is C17H21NO. The molecule has 1 aliphatic heterocycles. The van der Waals surface area contributed by atoms with Crippen LogP contribution in [-0.4, -0.2) is 11.8 Å². The fraction of sp³-hybridized carbons (Fsp3) is 0.588. The lowest BCUT2D eigenvalue weighted by Gasteiger charge is -2.24. The van der Waals surface area contributed by atoms with Gasteiger partial charge in [-0.05, 0) is 63.0 Å². The lowest BCUT2D eigenvalue weighted by atomic mass is 9.79. The Bertz CT molecular complexity index is 552. The number of hydrogen-bond acceptors (Lipinski definition) is 2. The second kappa shape index (κ2) is 3.84. The Morgan fingerprint density at radius 1 is 1.05 bits per heavy atom.